The Kier molecular flexibility index (Phi) is 25.0. The Balaban J connectivity index is -0.000000151. The summed E-state index contributed by atoms with van der Waals surface area (Å²) in [7, 11) is 0. The van der Waals surface area contributed by atoms with Crippen molar-refractivity contribution in [3.63, 3.8) is 0 Å². The average molecular weight is 428 g/mol. The van der Waals surface area contributed by atoms with Crippen molar-refractivity contribution in [1.29, 1.82) is 0 Å². The molecular formula is C15H32N4O10. The van der Waals surface area contributed by atoms with Gasteiger partial charge in [0.15, 0.2) is 0 Å². The number of nitrogens with two attached hydrogens (primary N) is 4. The van der Waals surface area contributed by atoms with Crippen LogP contribution >= 0.6 is 0 Å². The lowest BCUT2D eigenvalue weighted by atomic mass is 10.1. The molecule has 2 atom stereocenters. The largest absolute Gasteiger partial charge is 0.481 e. The zero-order valence-electron chi connectivity index (χ0n) is 16.4. The number of hydrogen-bond acceptors (Lipinski definition) is 9. The van der Waals surface area contributed by atoms with E-state index in [0.29, 0.717) is 12.3 Å². The highest BCUT2D eigenvalue weighted by molar-refractivity contribution is 5.74. The molecule has 13 N–H and O–H groups in total. The van der Waals surface area contributed by atoms with E-state index in [1.165, 1.54) is 0 Å². The standard InChI is InChI=1S/C6H13NO2.C5H9NO4.2C2H5NO2/c1-4(2)3-5(7)6(8)9;6-3(5(9)10)1-2-4(7)8;2*3-1-2(4)5/h4-5H,3,7H2,1-2H3,(H,8,9);3H,1-2,6H2,(H,7,8)(H,9,10);2*1,3H2,(H,4,5). The molecule has 0 aromatic heterocycles. The van der Waals surface area contributed by atoms with Crippen molar-refractivity contribution in [2.24, 2.45) is 28.9 Å². The molecule has 0 heterocycles. The van der Waals surface area contributed by atoms with E-state index < -0.39 is 41.9 Å². The fraction of sp³-hybridized carbons (Fsp3) is 0.667. The van der Waals surface area contributed by atoms with Gasteiger partial charge >= 0.3 is 29.8 Å². The van der Waals surface area contributed by atoms with Gasteiger partial charge in [0.25, 0.3) is 0 Å². The Morgan fingerprint density at radius 1 is 0.690 bits per heavy atom. The van der Waals surface area contributed by atoms with Gasteiger partial charge in [0.2, 0.25) is 0 Å². The van der Waals surface area contributed by atoms with Gasteiger partial charge in [-0.1, -0.05) is 13.8 Å². The Morgan fingerprint density at radius 2 is 1.00 bits per heavy atom. The molecule has 172 valence electrons. The highest BCUT2D eigenvalue weighted by Crippen LogP contribution is 2.01. The zero-order chi connectivity index (χ0) is 24.2. The van der Waals surface area contributed by atoms with Crippen LogP contribution in [0.25, 0.3) is 0 Å². The van der Waals surface area contributed by atoms with Crippen molar-refractivity contribution in [3.05, 3.63) is 0 Å². The quantitative estimate of drug-likeness (QED) is 0.188. The molecule has 0 saturated heterocycles. The van der Waals surface area contributed by atoms with Crippen molar-refractivity contribution in [1.82, 2.24) is 0 Å². The Morgan fingerprint density at radius 3 is 1.14 bits per heavy atom. The molecule has 0 aromatic carbocycles. The maximum atomic E-state index is 10.1. The molecule has 2 unspecified atom stereocenters. The summed E-state index contributed by atoms with van der Waals surface area (Å²) >= 11 is 0. The minimum absolute atomic E-state index is 0.0231. The number of hydrogen-bond donors (Lipinski definition) is 9. The number of carboxylic acids is 5. The molecule has 0 bridgehead atoms. The van der Waals surface area contributed by atoms with E-state index >= 15 is 0 Å². The molecule has 0 radical (unpaired) electrons. The second-order valence-electron chi connectivity index (χ2n) is 5.65. The minimum atomic E-state index is -1.17. The summed E-state index contributed by atoms with van der Waals surface area (Å²) < 4.78 is 0. The van der Waals surface area contributed by atoms with Crippen molar-refractivity contribution in [2.75, 3.05) is 13.1 Å². The monoisotopic (exact) mass is 428 g/mol. The number of rotatable bonds is 9. The molecule has 0 aliphatic rings. The Bertz CT molecular complexity index is 485. The Hall–Kier alpha value is -2.81. The van der Waals surface area contributed by atoms with E-state index in [1.807, 2.05) is 13.8 Å². The van der Waals surface area contributed by atoms with Crippen LogP contribution in [0.2, 0.25) is 0 Å². The van der Waals surface area contributed by atoms with Gasteiger partial charge in [0, 0.05) is 6.42 Å². The van der Waals surface area contributed by atoms with Gasteiger partial charge in [-0.2, -0.15) is 0 Å². The van der Waals surface area contributed by atoms with Crippen LogP contribution in [0.1, 0.15) is 33.1 Å². The van der Waals surface area contributed by atoms with Gasteiger partial charge in [-0.25, -0.2) is 0 Å². The summed E-state index contributed by atoms with van der Waals surface area (Å²) in [5.74, 6) is -4.69. The van der Waals surface area contributed by atoms with Crippen LogP contribution in [0.3, 0.4) is 0 Å². The predicted octanol–water partition coefficient (Wildman–Crippen LogP) is -2.23. The highest BCUT2D eigenvalue weighted by atomic mass is 16.4. The molecule has 0 saturated carbocycles. The van der Waals surface area contributed by atoms with Crippen LogP contribution in [0, 0.1) is 5.92 Å². The lowest BCUT2D eigenvalue weighted by molar-refractivity contribution is -0.140. The molecule has 14 nitrogen and oxygen atoms in total. The topological polar surface area (TPSA) is 291 Å². The molecular weight excluding hydrogens is 396 g/mol. The molecule has 29 heavy (non-hydrogen) atoms. The van der Waals surface area contributed by atoms with Crippen LogP contribution in [-0.2, 0) is 24.0 Å². The first-order valence-corrected chi connectivity index (χ1v) is 8.14. The predicted molar refractivity (Wildman–Crippen MR) is 101 cm³/mol. The molecule has 0 fully saturated rings. The van der Waals surface area contributed by atoms with Gasteiger partial charge in [0.05, 0.1) is 13.1 Å². The van der Waals surface area contributed by atoms with Crippen LogP contribution < -0.4 is 22.9 Å². The zero-order valence-corrected chi connectivity index (χ0v) is 16.4. The lowest BCUT2D eigenvalue weighted by Crippen LogP contribution is -2.31. The first-order valence-electron chi connectivity index (χ1n) is 8.14. The maximum absolute atomic E-state index is 10.1. The fourth-order valence-corrected chi connectivity index (χ4v) is 1.01. The van der Waals surface area contributed by atoms with Crippen LogP contribution in [0.15, 0.2) is 0 Å². The molecule has 0 spiro atoms. The SMILES string of the molecule is CC(C)CC(N)C(=O)O.NC(CCC(=O)O)C(=O)O.NCC(=O)O.NCC(=O)O. The van der Waals surface area contributed by atoms with Gasteiger partial charge in [-0.15, -0.1) is 0 Å². The van der Waals surface area contributed by atoms with Crippen LogP contribution in [0.5, 0.6) is 0 Å². The summed E-state index contributed by atoms with van der Waals surface area (Å²) in [6.45, 7) is 3.34. The smallest absolute Gasteiger partial charge is 0.320 e. The first-order chi connectivity index (χ1) is 13.1. The van der Waals surface area contributed by atoms with Crippen molar-refractivity contribution in [3.8, 4) is 0 Å². The van der Waals surface area contributed by atoms with Crippen LogP contribution in [0.4, 0.5) is 0 Å². The summed E-state index contributed by atoms with van der Waals surface area (Å²) in [6.07, 6.45) is 0.327. The normalized spacial score (nSPS) is 11.1. The molecule has 14 heteroatoms. The second kappa shape index (κ2) is 21.5. The van der Waals surface area contributed by atoms with E-state index in [-0.39, 0.29) is 25.9 Å². The molecule has 0 aliphatic carbocycles. The fourth-order valence-electron chi connectivity index (χ4n) is 1.01. The van der Waals surface area contributed by atoms with Gasteiger partial charge in [-0.05, 0) is 18.8 Å². The molecule has 0 aromatic rings. The third-order valence-corrected chi connectivity index (χ3v) is 2.38. The van der Waals surface area contributed by atoms with Crippen molar-refractivity contribution < 1.29 is 49.5 Å². The minimum Gasteiger partial charge on any atom is -0.481 e. The average Bonchev–Trinajstić information content (AvgIpc) is 2.60. The first kappa shape index (κ1) is 33.8. The summed E-state index contributed by atoms with van der Waals surface area (Å²) in [4.78, 5) is 48.5. The van der Waals surface area contributed by atoms with E-state index in [9.17, 15) is 24.0 Å². The number of carboxylic acid groups (broad SMARTS) is 5. The van der Waals surface area contributed by atoms with E-state index in [0.717, 1.165) is 0 Å². The van der Waals surface area contributed by atoms with Gasteiger partial charge < -0.3 is 48.5 Å². The summed E-state index contributed by atoms with van der Waals surface area (Å²) in [6, 6.07) is -1.75. The summed E-state index contributed by atoms with van der Waals surface area (Å²) in [5.41, 5.74) is 19.4. The molecule has 0 aliphatic heterocycles. The number of aliphatic carboxylic acids is 5. The van der Waals surface area contributed by atoms with Gasteiger partial charge in [0.1, 0.15) is 12.1 Å². The number of carbonyl (C=O) groups is 5. The maximum Gasteiger partial charge on any atom is 0.320 e. The van der Waals surface area contributed by atoms with Crippen molar-refractivity contribution >= 4 is 29.8 Å². The van der Waals surface area contributed by atoms with Crippen LogP contribution in [-0.4, -0.2) is 80.6 Å². The van der Waals surface area contributed by atoms with E-state index in [4.69, 9.17) is 37.0 Å². The van der Waals surface area contributed by atoms with E-state index in [1.54, 1.807) is 0 Å². The molecule has 0 amide bonds. The van der Waals surface area contributed by atoms with Gasteiger partial charge in [-0.3, -0.25) is 24.0 Å². The lowest BCUT2D eigenvalue weighted by Gasteiger charge is -2.07. The molecule has 0 rings (SSSR count). The highest BCUT2D eigenvalue weighted by Gasteiger charge is 2.12. The third kappa shape index (κ3) is 40.9. The summed E-state index contributed by atoms with van der Waals surface area (Å²) in [5, 5.41) is 39.8. The van der Waals surface area contributed by atoms with Crippen molar-refractivity contribution in [2.45, 2.75) is 45.2 Å². The third-order valence-electron chi connectivity index (χ3n) is 2.38. The second-order valence-corrected chi connectivity index (χ2v) is 5.65. The Labute approximate surface area is 167 Å². The van der Waals surface area contributed by atoms with E-state index in [2.05, 4.69) is 11.5 Å².